The van der Waals surface area contributed by atoms with Crippen molar-refractivity contribution in [1.29, 1.82) is 0 Å². The molecule has 3 aromatic rings. The molecule has 0 unspecified atom stereocenters. The van der Waals surface area contributed by atoms with Crippen molar-refractivity contribution in [3.63, 3.8) is 0 Å². The first-order valence-corrected chi connectivity index (χ1v) is 7.81. The van der Waals surface area contributed by atoms with Crippen LogP contribution in [0.5, 0.6) is 0 Å². The second kappa shape index (κ2) is 5.72. The topological polar surface area (TPSA) is 123 Å². The Bertz CT molecular complexity index is 796. The molecular formula is C12H12N6OS2. The van der Waals surface area contributed by atoms with E-state index in [9.17, 15) is 4.79 Å². The summed E-state index contributed by atoms with van der Waals surface area (Å²) in [6.45, 7) is 0. The van der Waals surface area contributed by atoms with Gasteiger partial charge in [-0.15, -0.1) is 16.4 Å². The van der Waals surface area contributed by atoms with E-state index in [0.29, 0.717) is 15.8 Å². The Kier molecular flexibility index (Phi) is 3.78. The van der Waals surface area contributed by atoms with E-state index in [2.05, 4.69) is 20.6 Å². The first-order valence-electron chi connectivity index (χ1n) is 6.01. The van der Waals surface area contributed by atoms with E-state index in [4.69, 9.17) is 11.6 Å². The molecular weight excluding hydrogens is 308 g/mol. The van der Waals surface area contributed by atoms with Crippen molar-refractivity contribution in [3.05, 3.63) is 34.7 Å². The predicted octanol–water partition coefficient (Wildman–Crippen LogP) is 1.50. The number of thioether (sulfide) groups is 1. The maximum atomic E-state index is 11.9. The molecule has 2 aromatic heterocycles. The summed E-state index contributed by atoms with van der Waals surface area (Å²) in [7, 11) is 0. The van der Waals surface area contributed by atoms with Gasteiger partial charge in [-0.2, -0.15) is 4.98 Å². The van der Waals surface area contributed by atoms with Crippen LogP contribution in [0, 0.1) is 0 Å². The van der Waals surface area contributed by atoms with Crippen molar-refractivity contribution >= 4 is 45.0 Å². The number of nitrogens with two attached hydrogens (primary N) is 2. The van der Waals surface area contributed by atoms with Crippen LogP contribution in [0.4, 0.5) is 5.95 Å². The maximum Gasteiger partial charge on any atom is 0.275 e. The van der Waals surface area contributed by atoms with Crippen molar-refractivity contribution in [1.82, 2.24) is 20.6 Å². The van der Waals surface area contributed by atoms with E-state index in [1.165, 1.54) is 23.1 Å². The number of nitrogens with one attached hydrogen (secondary N) is 2. The summed E-state index contributed by atoms with van der Waals surface area (Å²) in [6.07, 6.45) is 0. The van der Waals surface area contributed by atoms with Gasteiger partial charge in [-0.1, -0.05) is 30.0 Å². The lowest BCUT2D eigenvalue weighted by Gasteiger charge is -2.02. The number of amides is 1. The van der Waals surface area contributed by atoms with E-state index in [1.54, 1.807) is 0 Å². The summed E-state index contributed by atoms with van der Waals surface area (Å²) in [5.74, 6) is 5.80. The minimum absolute atomic E-state index is 0.271. The minimum Gasteiger partial charge on any atom is -0.368 e. The number of nitrogens with zero attached hydrogens (tertiary/aromatic N) is 2. The largest absolute Gasteiger partial charge is 0.368 e. The van der Waals surface area contributed by atoms with Crippen molar-refractivity contribution in [2.24, 2.45) is 5.84 Å². The second-order valence-electron chi connectivity index (χ2n) is 4.17. The molecule has 0 bridgehead atoms. The molecule has 0 aliphatic carbocycles. The summed E-state index contributed by atoms with van der Waals surface area (Å²) in [6, 6.07) is 7.85. The third-order valence-corrected chi connectivity index (χ3v) is 4.95. The van der Waals surface area contributed by atoms with Gasteiger partial charge in [-0.3, -0.25) is 10.2 Å². The molecule has 0 saturated carbocycles. The van der Waals surface area contributed by atoms with Crippen LogP contribution in [0.3, 0.4) is 0 Å². The average molecular weight is 320 g/mol. The van der Waals surface area contributed by atoms with Gasteiger partial charge >= 0.3 is 0 Å². The number of rotatable bonds is 4. The number of thiophene rings is 1. The zero-order valence-corrected chi connectivity index (χ0v) is 12.4. The average Bonchev–Trinajstić information content (AvgIpc) is 3.07. The van der Waals surface area contributed by atoms with Crippen LogP contribution >= 0.6 is 23.1 Å². The van der Waals surface area contributed by atoms with Gasteiger partial charge in [0.15, 0.2) is 0 Å². The highest BCUT2D eigenvalue weighted by Gasteiger charge is 2.18. The second-order valence-corrected chi connectivity index (χ2v) is 6.17. The Morgan fingerprint density at radius 2 is 2.24 bits per heavy atom. The quantitative estimate of drug-likeness (QED) is 0.250. The molecule has 7 nitrogen and oxygen atoms in total. The van der Waals surface area contributed by atoms with Crippen LogP contribution in [0.15, 0.2) is 29.4 Å². The zero-order chi connectivity index (χ0) is 14.8. The van der Waals surface area contributed by atoms with E-state index in [0.717, 1.165) is 15.6 Å². The smallest absolute Gasteiger partial charge is 0.275 e. The highest BCUT2D eigenvalue weighted by atomic mass is 32.2. The van der Waals surface area contributed by atoms with E-state index in [1.807, 2.05) is 24.3 Å². The standard InChI is InChI=1S/C12H12N6OS2/c13-11-15-12(18-17-11)20-5-7-6-3-1-2-4-8(6)21-9(7)10(19)16-14/h1-4H,5,14H2,(H,16,19)(H3,13,15,17,18). The number of hydrazine groups is 1. The lowest BCUT2D eigenvalue weighted by Crippen LogP contribution is -2.29. The van der Waals surface area contributed by atoms with Gasteiger partial charge in [-0.25, -0.2) is 10.9 Å². The van der Waals surface area contributed by atoms with Crippen molar-refractivity contribution in [3.8, 4) is 0 Å². The number of H-pyrrole nitrogens is 1. The van der Waals surface area contributed by atoms with Gasteiger partial charge in [0, 0.05) is 10.5 Å². The van der Waals surface area contributed by atoms with Gasteiger partial charge in [0.2, 0.25) is 11.1 Å². The number of carbonyl (C=O) groups excluding carboxylic acids is 1. The Balaban J connectivity index is 1.96. The first-order chi connectivity index (χ1) is 10.2. The van der Waals surface area contributed by atoms with Crippen LogP contribution in [-0.4, -0.2) is 21.1 Å². The molecule has 1 aromatic carbocycles. The van der Waals surface area contributed by atoms with Crippen LogP contribution in [-0.2, 0) is 5.75 Å². The molecule has 0 spiro atoms. The monoisotopic (exact) mass is 320 g/mol. The van der Waals surface area contributed by atoms with Crippen LogP contribution < -0.4 is 17.0 Å². The number of fused-ring (bicyclic) bond motifs is 1. The highest BCUT2D eigenvalue weighted by molar-refractivity contribution is 7.98. The fourth-order valence-corrected chi connectivity index (χ4v) is 4.01. The van der Waals surface area contributed by atoms with Gasteiger partial charge in [0.05, 0.1) is 4.88 Å². The van der Waals surface area contributed by atoms with Crippen LogP contribution in [0.2, 0.25) is 0 Å². The summed E-state index contributed by atoms with van der Waals surface area (Å²) < 4.78 is 1.04. The van der Waals surface area contributed by atoms with Crippen molar-refractivity contribution in [2.45, 2.75) is 10.9 Å². The molecule has 6 N–H and O–H groups in total. The normalized spacial score (nSPS) is 10.9. The zero-order valence-electron chi connectivity index (χ0n) is 10.8. The highest BCUT2D eigenvalue weighted by Crippen LogP contribution is 2.34. The molecule has 0 aliphatic rings. The molecule has 108 valence electrons. The molecule has 0 saturated heterocycles. The summed E-state index contributed by atoms with van der Waals surface area (Å²) in [5.41, 5.74) is 8.61. The SMILES string of the molecule is NNC(=O)c1sc2ccccc2c1CSc1n[nH]c(N)n1. The fourth-order valence-electron chi connectivity index (χ4n) is 1.95. The number of aromatic amines is 1. The Labute approximate surface area is 128 Å². The van der Waals surface area contributed by atoms with Crippen molar-refractivity contribution < 1.29 is 4.79 Å². The first kappa shape index (κ1) is 13.9. The molecule has 0 aliphatic heterocycles. The number of hydrogen-bond acceptors (Lipinski definition) is 7. The van der Waals surface area contributed by atoms with Crippen molar-refractivity contribution in [2.75, 3.05) is 5.73 Å². The molecule has 0 fully saturated rings. The molecule has 3 rings (SSSR count). The third-order valence-electron chi connectivity index (χ3n) is 2.86. The third kappa shape index (κ3) is 2.71. The lowest BCUT2D eigenvalue weighted by atomic mass is 10.1. The van der Waals surface area contributed by atoms with Gasteiger partial charge in [-0.05, 0) is 17.0 Å². The fraction of sp³-hybridized carbons (Fsp3) is 0.0833. The Morgan fingerprint density at radius 3 is 2.95 bits per heavy atom. The number of hydrogen-bond donors (Lipinski definition) is 4. The van der Waals surface area contributed by atoms with Gasteiger partial charge < -0.3 is 5.73 Å². The summed E-state index contributed by atoms with van der Waals surface area (Å²) in [4.78, 5) is 16.6. The molecule has 9 heteroatoms. The summed E-state index contributed by atoms with van der Waals surface area (Å²) in [5, 5.41) is 8.14. The van der Waals surface area contributed by atoms with E-state index >= 15 is 0 Å². The van der Waals surface area contributed by atoms with Gasteiger partial charge in [0.25, 0.3) is 5.91 Å². The predicted molar refractivity (Wildman–Crippen MR) is 83.8 cm³/mol. The molecule has 21 heavy (non-hydrogen) atoms. The number of anilines is 1. The Morgan fingerprint density at radius 1 is 1.43 bits per heavy atom. The molecule has 2 heterocycles. The van der Waals surface area contributed by atoms with Gasteiger partial charge in [0.1, 0.15) is 0 Å². The maximum absolute atomic E-state index is 11.9. The van der Waals surface area contributed by atoms with E-state index < -0.39 is 0 Å². The van der Waals surface area contributed by atoms with Crippen LogP contribution in [0.25, 0.3) is 10.1 Å². The Hall–Kier alpha value is -2.10. The lowest BCUT2D eigenvalue weighted by molar-refractivity contribution is 0.0957. The van der Waals surface area contributed by atoms with E-state index in [-0.39, 0.29) is 11.9 Å². The number of nitrogen functional groups attached to an aromatic ring is 2. The molecule has 0 atom stereocenters. The minimum atomic E-state index is -0.290. The number of aromatic nitrogens is 3. The molecule has 1 amide bonds. The number of benzene rings is 1. The molecule has 0 radical (unpaired) electrons. The summed E-state index contributed by atoms with van der Waals surface area (Å²) >= 11 is 2.83. The number of carbonyl (C=O) groups is 1. The van der Waals surface area contributed by atoms with Crippen LogP contribution in [0.1, 0.15) is 15.2 Å².